The van der Waals surface area contributed by atoms with Crippen LogP contribution in [-0.2, 0) is 5.41 Å². The van der Waals surface area contributed by atoms with Gasteiger partial charge in [-0.1, -0.05) is 17.7 Å². The molecule has 1 aliphatic carbocycles. The van der Waals surface area contributed by atoms with Crippen molar-refractivity contribution in [3.05, 3.63) is 34.6 Å². The molecule has 0 spiro atoms. The third-order valence-electron chi connectivity index (χ3n) is 2.87. The van der Waals surface area contributed by atoms with Gasteiger partial charge in [-0.25, -0.2) is 4.39 Å². The first-order valence-corrected chi connectivity index (χ1v) is 5.16. The molecule has 2 rings (SSSR count). The fourth-order valence-electron chi connectivity index (χ4n) is 1.95. The summed E-state index contributed by atoms with van der Waals surface area (Å²) in [6.07, 6.45) is 2.28. The molecule has 0 atom stereocenters. The van der Waals surface area contributed by atoms with Gasteiger partial charge >= 0.3 is 0 Å². The van der Waals surface area contributed by atoms with Crippen molar-refractivity contribution in [1.82, 2.24) is 5.32 Å². The van der Waals surface area contributed by atoms with Crippen molar-refractivity contribution < 1.29 is 4.39 Å². The molecule has 0 saturated heterocycles. The summed E-state index contributed by atoms with van der Waals surface area (Å²) >= 11 is 6.02. The lowest BCUT2D eigenvalue weighted by atomic mass is 9.96. The highest BCUT2D eigenvalue weighted by Crippen LogP contribution is 2.49. The van der Waals surface area contributed by atoms with Gasteiger partial charge in [-0.15, -0.1) is 0 Å². The first-order chi connectivity index (χ1) is 6.68. The second-order valence-electron chi connectivity index (χ2n) is 3.93. The van der Waals surface area contributed by atoms with Gasteiger partial charge in [0.05, 0.1) is 0 Å². The molecule has 0 aromatic heterocycles. The lowest BCUT2D eigenvalue weighted by Crippen LogP contribution is -2.23. The van der Waals surface area contributed by atoms with Crippen LogP contribution >= 0.6 is 11.6 Å². The minimum absolute atomic E-state index is 0.166. The molecule has 1 nitrogen and oxygen atoms in total. The van der Waals surface area contributed by atoms with Crippen molar-refractivity contribution in [2.75, 3.05) is 13.6 Å². The zero-order chi connectivity index (χ0) is 10.2. The Kier molecular flexibility index (Phi) is 2.50. The van der Waals surface area contributed by atoms with E-state index in [-0.39, 0.29) is 11.2 Å². The van der Waals surface area contributed by atoms with Gasteiger partial charge in [0.2, 0.25) is 0 Å². The van der Waals surface area contributed by atoms with Crippen molar-refractivity contribution in [2.24, 2.45) is 0 Å². The van der Waals surface area contributed by atoms with Gasteiger partial charge in [-0.05, 0) is 37.6 Å². The van der Waals surface area contributed by atoms with Gasteiger partial charge in [0.1, 0.15) is 5.82 Å². The molecular weight excluding hydrogens is 201 g/mol. The van der Waals surface area contributed by atoms with E-state index in [1.165, 1.54) is 12.1 Å². The topological polar surface area (TPSA) is 12.0 Å². The number of nitrogens with one attached hydrogen (secondary N) is 1. The molecule has 1 aromatic carbocycles. The van der Waals surface area contributed by atoms with Crippen LogP contribution in [0.2, 0.25) is 5.02 Å². The molecule has 1 aromatic rings. The molecule has 0 bridgehead atoms. The van der Waals surface area contributed by atoms with E-state index < -0.39 is 0 Å². The van der Waals surface area contributed by atoms with Crippen molar-refractivity contribution in [1.29, 1.82) is 0 Å². The van der Waals surface area contributed by atoms with Gasteiger partial charge in [-0.3, -0.25) is 0 Å². The monoisotopic (exact) mass is 213 g/mol. The molecule has 1 N–H and O–H groups in total. The van der Waals surface area contributed by atoms with Crippen molar-refractivity contribution in [2.45, 2.75) is 18.3 Å². The SMILES string of the molecule is CNCC1(c2ccc(F)cc2Cl)CC1. The quantitative estimate of drug-likeness (QED) is 0.814. The first kappa shape index (κ1) is 9.94. The number of likely N-dealkylation sites (N-methyl/N-ethyl adjacent to an activating group) is 1. The van der Waals surface area contributed by atoms with Crippen LogP contribution in [0.1, 0.15) is 18.4 Å². The third-order valence-corrected chi connectivity index (χ3v) is 3.18. The zero-order valence-electron chi connectivity index (χ0n) is 8.11. The van der Waals surface area contributed by atoms with Crippen LogP contribution in [0.4, 0.5) is 4.39 Å². The van der Waals surface area contributed by atoms with Crippen LogP contribution in [-0.4, -0.2) is 13.6 Å². The largest absolute Gasteiger partial charge is 0.319 e. The van der Waals surface area contributed by atoms with Gasteiger partial charge in [-0.2, -0.15) is 0 Å². The zero-order valence-corrected chi connectivity index (χ0v) is 8.87. The summed E-state index contributed by atoms with van der Waals surface area (Å²) in [6, 6.07) is 4.69. The standard InChI is InChI=1S/C11H13ClFN/c1-14-7-11(4-5-11)9-3-2-8(13)6-10(9)12/h2-3,6,14H,4-5,7H2,1H3. The minimum atomic E-state index is -0.265. The van der Waals surface area contributed by atoms with Gasteiger partial charge in [0, 0.05) is 17.0 Å². The van der Waals surface area contributed by atoms with E-state index in [0.29, 0.717) is 5.02 Å². The number of hydrogen-bond donors (Lipinski definition) is 1. The van der Waals surface area contributed by atoms with Crippen LogP contribution in [0.5, 0.6) is 0 Å². The fraction of sp³-hybridized carbons (Fsp3) is 0.455. The summed E-state index contributed by atoms with van der Waals surface area (Å²) in [4.78, 5) is 0. The maximum Gasteiger partial charge on any atom is 0.124 e. The summed E-state index contributed by atoms with van der Waals surface area (Å²) in [5, 5.41) is 3.71. The number of benzene rings is 1. The Morgan fingerprint density at radius 2 is 2.21 bits per heavy atom. The summed E-state index contributed by atoms with van der Waals surface area (Å²) in [5.41, 5.74) is 1.24. The van der Waals surface area contributed by atoms with Gasteiger partial charge < -0.3 is 5.32 Å². The molecule has 0 radical (unpaired) electrons. The lowest BCUT2D eigenvalue weighted by Gasteiger charge is -2.16. The van der Waals surface area contributed by atoms with Crippen molar-refractivity contribution in [3.63, 3.8) is 0 Å². The number of hydrogen-bond acceptors (Lipinski definition) is 1. The molecule has 0 amide bonds. The molecule has 1 aliphatic rings. The van der Waals surface area contributed by atoms with Gasteiger partial charge in [0.25, 0.3) is 0 Å². The highest BCUT2D eigenvalue weighted by atomic mass is 35.5. The Balaban J connectivity index is 2.32. The summed E-state index contributed by atoms with van der Waals surface area (Å²) < 4.78 is 12.8. The second-order valence-corrected chi connectivity index (χ2v) is 4.34. The van der Waals surface area contributed by atoms with Crippen LogP contribution < -0.4 is 5.32 Å². The molecule has 76 valence electrons. The van der Waals surface area contributed by atoms with Crippen LogP contribution in [0.15, 0.2) is 18.2 Å². The molecule has 1 saturated carbocycles. The average Bonchev–Trinajstić information content (AvgIpc) is 2.86. The Bertz CT molecular complexity index is 347. The van der Waals surface area contributed by atoms with E-state index in [4.69, 9.17) is 11.6 Å². The van der Waals surface area contributed by atoms with E-state index in [1.54, 1.807) is 0 Å². The van der Waals surface area contributed by atoms with E-state index in [9.17, 15) is 4.39 Å². The van der Waals surface area contributed by atoms with E-state index >= 15 is 0 Å². The number of rotatable bonds is 3. The van der Waals surface area contributed by atoms with E-state index in [0.717, 1.165) is 24.9 Å². The second kappa shape index (κ2) is 3.52. The summed E-state index contributed by atoms with van der Waals surface area (Å²) in [6.45, 7) is 0.915. The van der Waals surface area contributed by atoms with E-state index in [2.05, 4.69) is 5.32 Å². The molecular formula is C11H13ClFN. The Morgan fingerprint density at radius 3 is 2.71 bits per heavy atom. The molecule has 3 heteroatoms. The molecule has 1 fully saturated rings. The van der Waals surface area contributed by atoms with Crippen LogP contribution in [0.25, 0.3) is 0 Å². The maximum atomic E-state index is 12.8. The molecule has 0 aliphatic heterocycles. The predicted octanol–water partition coefficient (Wildman–Crippen LogP) is 2.73. The highest BCUT2D eigenvalue weighted by Gasteiger charge is 2.44. The van der Waals surface area contributed by atoms with Crippen LogP contribution in [0, 0.1) is 5.82 Å². The van der Waals surface area contributed by atoms with Gasteiger partial charge in [0.15, 0.2) is 0 Å². The van der Waals surface area contributed by atoms with Crippen molar-refractivity contribution >= 4 is 11.6 Å². The Morgan fingerprint density at radius 1 is 1.50 bits per heavy atom. The number of halogens is 2. The summed E-state index contributed by atoms with van der Waals surface area (Å²) in [7, 11) is 1.93. The predicted molar refractivity (Wildman–Crippen MR) is 56.2 cm³/mol. The molecule has 14 heavy (non-hydrogen) atoms. The Labute approximate surface area is 88.3 Å². The normalized spacial score (nSPS) is 18.2. The third kappa shape index (κ3) is 1.64. The smallest absolute Gasteiger partial charge is 0.124 e. The lowest BCUT2D eigenvalue weighted by molar-refractivity contribution is 0.610. The van der Waals surface area contributed by atoms with Crippen LogP contribution in [0.3, 0.4) is 0 Å². The molecule has 0 unspecified atom stereocenters. The van der Waals surface area contributed by atoms with Crippen molar-refractivity contribution in [3.8, 4) is 0 Å². The Hall–Kier alpha value is -0.600. The maximum absolute atomic E-state index is 12.8. The average molecular weight is 214 g/mol. The highest BCUT2D eigenvalue weighted by molar-refractivity contribution is 6.31. The first-order valence-electron chi connectivity index (χ1n) is 4.78. The van der Waals surface area contributed by atoms with E-state index in [1.807, 2.05) is 13.1 Å². The fourth-order valence-corrected chi connectivity index (χ4v) is 2.32. The minimum Gasteiger partial charge on any atom is -0.319 e. The summed E-state index contributed by atoms with van der Waals surface area (Å²) in [5.74, 6) is -0.265. The molecule has 0 heterocycles.